The van der Waals surface area contributed by atoms with Crippen molar-refractivity contribution >= 4 is 34.5 Å². The molecule has 20 nitrogen and oxygen atoms in total. The molecule has 14 fully saturated rings. The SMILES string of the molecule is C.CC(=O)O[C@@H]([C@H]1C[C@@H](C)[C@H]2[C@H](O1)C(=O)[C@@]1(C)[C@@H]3CC[C@H]4C(C)(C)C(O[C@@H]5OCC(O)[C@H](O)[C@H]5O)CC[C@@]45C[C@@]35CC[C@]21C)C(C)(C)O.CC(=O)O[C@@H]([C@H]1C[C@@H](C)[C@H]2[C@H](O1)[C@H](O)[C@@]1(C)[C@@H]3CC[C@H]4C(C)(C)C(O[C@@H]5OCC(O)[C@H](O)[C@H]5O)CC[C@@]45C[C@@]35CC[C@]21C)C(C)(C)O.[B].[B].[H-].[Na+]. The fraction of sp³-hybridized carbons (Fsp3) is 0.960. The number of hydrogen-bond donors (Lipinski definition) is 9. The molecule has 23 heteroatoms. The van der Waals surface area contributed by atoms with Crippen molar-refractivity contribution in [3.8, 4) is 0 Å². The van der Waals surface area contributed by atoms with Crippen LogP contribution in [0, 0.1) is 101 Å². The summed E-state index contributed by atoms with van der Waals surface area (Å²) in [6.45, 7) is 32.1. The van der Waals surface area contributed by atoms with Crippen molar-refractivity contribution < 1.29 is 129 Å². The van der Waals surface area contributed by atoms with E-state index in [4.69, 9.17) is 37.9 Å². The van der Waals surface area contributed by atoms with E-state index in [1.54, 1.807) is 27.7 Å². The summed E-state index contributed by atoms with van der Waals surface area (Å²) >= 11 is 0. The Balaban J connectivity index is 0.000000240. The molecule has 550 valence electrons. The van der Waals surface area contributed by atoms with Crippen molar-refractivity contribution in [2.24, 2.45) is 101 Å². The maximum atomic E-state index is 15.0. The van der Waals surface area contributed by atoms with Crippen molar-refractivity contribution in [2.75, 3.05) is 13.2 Å². The van der Waals surface area contributed by atoms with Crippen molar-refractivity contribution in [1.82, 2.24) is 0 Å². The molecule has 4 heterocycles. The van der Waals surface area contributed by atoms with Gasteiger partial charge in [-0.15, -0.1) is 0 Å². The van der Waals surface area contributed by atoms with E-state index in [0.717, 1.165) is 83.5 Å². The molecule has 0 aromatic carbocycles. The molecule has 10 aliphatic carbocycles. The molecule has 10 saturated carbocycles. The Morgan fingerprint density at radius 2 is 0.929 bits per heavy atom. The van der Waals surface area contributed by atoms with Gasteiger partial charge in [0, 0.05) is 47.4 Å². The molecule has 6 radical (unpaired) electrons. The van der Waals surface area contributed by atoms with Gasteiger partial charge in [0.25, 0.3) is 0 Å². The minimum absolute atomic E-state index is 0. The Bertz CT molecular complexity index is 2960. The summed E-state index contributed by atoms with van der Waals surface area (Å²) in [6, 6.07) is 0. The first kappa shape index (κ1) is 81.2. The number of esters is 2. The molecule has 4 spiro atoms. The number of fused-ring (bicyclic) bond motifs is 8. The maximum absolute atomic E-state index is 15.0. The van der Waals surface area contributed by atoms with Crippen molar-refractivity contribution in [3.63, 3.8) is 0 Å². The number of carbonyl (C=O) groups is 3. The molecule has 0 amide bonds. The molecule has 14 aliphatic rings. The van der Waals surface area contributed by atoms with Crippen LogP contribution in [0.5, 0.6) is 0 Å². The van der Waals surface area contributed by atoms with E-state index in [2.05, 4.69) is 69.2 Å². The zero-order valence-electron chi connectivity index (χ0n) is 62.3. The van der Waals surface area contributed by atoms with Crippen LogP contribution in [0.15, 0.2) is 0 Å². The Kier molecular flexibility index (Phi) is 22.0. The van der Waals surface area contributed by atoms with Gasteiger partial charge in [-0.1, -0.05) is 76.7 Å². The number of hydrogen-bond acceptors (Lipinski definition) is 20. The van der Waals surface area contributed by atoms with E-state index >= 15 is 0 Å². The van der Waals surface area contributed by atoms with Crippen LogP contribution in [0.2, 0.25) is 0 Å². The summed E-state index contributed by atoms with van der Waals surface area (Å²) < 4.78 is 49.0. The van der Waals surface area contributed by atoms with Gasteiger partial charge in [0.2, 0.25) is 0 Å². The van der Waals surface area contributed by atoms with Gasteiger partial charge >= 0.3 is 41.5 Å². The van der Waals surface area contributed by atoms with Crippen molar-refractivity contribution in [3.05, 3.63) is 0 Å². The summed E-state index contributed by atoms with van der Waals surface area (Å²) in [7, 11) is 0. The van der Waals surface area contributed by atoms with Gasteiger partial charge in [-0.05, 0) is 215 Å². The summed E-state index contributed by atoms with van der Waals surface area (Å²) in [6.07, 6.45) is 1.40. The van der Waals surface area contributed by atoms with Crippen LogP contribution in [0.1, 0.15) is 222 Å². The van der Waals surface area contributed by atoms with Gasteiger partial charge < -0.3 is 85.3 Å². The third-order valence-electron chi connectivity index (χ3n) is 31.4. The Hall–Kier alpha value is -0.860. The van der Waals surface area contributed by atoms with E-state index in [1.165, 1.54) is 20.3 Å². The zero-order chi connectivity index (χ0) is 68.6. The predicted molar refractivity (Wildman–Crippen MR) is 360 cm³/mol. The van der Waals surface area contributed by atoms with Gasteiger partial charge in [0.05, 0.1) is 61.0 Å². The molecule has 0 aromatic rings. The Labute approximate surface area is 611 Å². The molecular weight excluding hydrogens is 1270 g/mol. The summed E-state index contributed by atoms with van der Waals surface area (Å²) in [5, 5.41) is 96.1. The van der Waals surface area contributed by atoms with Crippen LogP contribution < -0.4 is 29.6 Å². The number of rotatable bonds is 10. The molecule has 33 atom stereocenters. The second kappa shape index (κ2) is 26.5. The Morgan fingerprint density at radius 3 is 1.37 bits per heavy atom. The van der Waals surface area contributed by atoms with E-state index in [9.17, 15) is 60.3 Å². The van der Waals surface area contributed by atoms with Crippen molar-refractivity contribution in [1.29, 1.82) is 0 Å². The predicted octanol–water partition coefficient (Wildman–Crippen LogP) is 3.85. The van der Waals surface area contributed by atoms with Gasteiger partial charge in [-0.2, -0.15) is 0 Å². The minimum Gasteiger partial charge on any atom is -1.00 e. The topological polar surface area (TPSA) is 307 Å². The first-order chi connectivity index (χ1) is 43.5. The van der Waals surface area contributed by atoms with Gasteiger partial charge in [0.1, 0.15) is 42.7 Å². The standard InChI is InChI=1S/C37H60O10.C37H58O10.CH4.2B.Na.H/c2*1-18-15-21(30(33(5,6)43)45-19(2)38)46-28-25(18)34(7)13-14-37-17-36(37)12-11-24(47-31-27(41)26(40)20(39)16-44-31)32(3,4)22(36)9-10-23(37)35(34,8)29(28)42;;;;;/h18,20-31,39-43H,9-17H2,1-8H3;18,20-28,30-31,39-41,43H,9-17H2,1-8H3;1H4;;;;/q;;;;;+1;-1/t18-,20?,21-,22+,23+,24?,25+,26+,27-,28+,29+,30+,31+,34-,35-,36-,37+;18-,20?,21-,22+,23+,24?,25+,26+,27-,28+,30+,31+,34-,35-,36-,37+;;;;;/m11...../s1. The second-order valence-electron chi connectivity index (χ2n) is 37.0. The summed E-state index contributed by atoms with van der Waals surface area (Å²) in [4.78, 5) is 39.0. The number of aliphatic hydroxyl groups is 9. The molecular formula is C75H123B2NaO20. The smallest absolute Gasteiger partial charge is 1.00 e. The molecule has 98 heavy (non-hydrogen) atoms. The van der Waals surface area contributed by atoms with Crippen LogP contribution >= 0.6 is 0 Å². The van der Waals surface area contributed by atoms with Gasteiger partial charge in [-0.3, -0.25) is 14.4 Å². The number of aliphatic hydroxyl groups excluding tert-OH is 7. The second-order valence-corrected chi connectivity index (χ2v) is 37.0. The summed E-state index contributed by atoms with van der Waals surface area (Å²) in [5.74, 6) is 1.32. The average Bonchev–Trinajstić information content (AvgIpc) is 1.46. The first-order valence-electron chi connectivity index (χ1n) is 36.5. The van der Waals surface area contributed by atoms with E-state index < -0.39 is 120 Å². The molecule has 4 saturated heterocycles. The van der Waals surface area contributed by atoms with Crippen LogP contribution in [0.25, 0.3) is 0 Å². The minimum atomic E-state index is -1.31. The van der Waals surface area contributed by atoms with Crippen molar-refractivity contribution in [2.45, 2.75) is 336 Å². The fourth-order valence-corrected chi connectivity index (χ4v) is 27.0. The molecule has 0 aromatic heterocycles. The number of ketones is 1. The number of ether oxygens (including phenoxy) is 8. The molecule has 0 bridgehead atoms. The largest absolute Gasteiger partial charge is 1.00 e. The maximum Gasteiger partial charge on any atom is 1.00 e. The number of carbonyl (C=O) groups excluding carboxylic acids is 3. The van der Waals surface area contributed by atoms with Crippen LogP contribution in [-0.2, 0) is 52.3 Å². The van der Waals surface area contributed by atoms with Gasteiger partial charge in [-0.25, -0.2) is 0 Å². The number of Topliss-reactive ketones (excluding diaryl/α,β-unsaturated/α-hetero) is 1. The monoisotopic (exact) mass is 1390 g/mol. The van der Waals surface area contributed by atoms with Gasteiger partial charge in [0.15, 0.2) is 30.6 Å². The first-order valence-corrected chi connectivity index (χ1v) is 36.5. The summed E-state index contributed by atoms with van der Waals surface area (Å²) in [5.41, 5.74) is -3.66. The van der Waals surface area contributed by atoms with E-state index in [0.29, 0.717) is 30.6 Å². The third kappa shape index (κ3) is 11.3. The normalized spacial score (nSPS) is 52.4. The van der Waals surface area contributed by atoms with E-state index in [1.807, 2.05) is 0 Å². The van der Waals surface area contributed by atoms with E-state index in [-0.39, 0.29) is 165 Å². The molecule has 9 N–H and O–H groups in total. The fourth-order valence-electron chi connectivity index (χ4n) is 27.0. The van der Waals surface area contributed by atoms with Crippen LogP contribution in [0.3, 0.4) is 0 Å². The zero-order valence-corrected chi connectivity index (χ0v) is 63.3. The van der Waals surface area contributed by atoms with Crippen LogP contribution in [0.4, 0.5) is 0 Å². The molecule has 14 rings (SSSR count). The average molecular weight is 1390 g/mol. The quantitative estimate of drug-likeness (QED) is 0.0852. The molecule has 4 aliphatic heterocycles. The third-order valence-corrected chi connectivity index (χ3v) is 31.4. The molecule has 4 unspecified atom stereocenters. The Morgan fingerprint density at radius 1 is 0.541 bits per heavy atom. The van der Waals surface area contributed by atoms with Crippen LogP contribution in [-0.4, -0.2) is 209 Å².